The molecule has 0 aliphatic carbocycles. The number of halogens is 3. The number of aryl methyl sites for hydroxylation is 1. The van der Waals surface area contributed by atoms with E-state index in [1.54, 1.807) is 13.0 Å². The number of hydrogen-bond donors (Lipinski definition) is 1. The van der Waals surface area contributed by atoms with Crippen LogP contribution in [0, 0.1) is 12.8 Å². The van der Waals surface area contributed by atoms with Gasteiger partial charge in [-0.15, -0.1) is 0 Å². The van der Waals surface area contributed by atoms with Gasteiger partial charge < -0.3 is 5.73 Å². The van der Waals surface area contributed by atoms with Crippen molar-refractivity contribution in [2.75, 3.05) is 6.54 Å². The molecule has 0 bridgehead atoms. The van der Waals surface area contributed by atoms with Gasteiger partial charge in [0.1, 0.15) is 0 Å². The quantitative estimate of drug-likeness (QED) is 0.812. The molecule has 0 aromatic carbocycles. The summed E-state index contributed by atoms with van der Waals surface area (Å²) in [4.78, 5) is 0. The van der Waals surface area contributed by atoms with Crippen molar-refractivity contribution in [1.29, 1.82) is 0 Å². The topological polar surface area (TPSA) is 43.8 Å². The van der Waals surface area contributed by atoms with Crippen LogP contribution in [0.2, 0.25) is 0 Å². The Labute approximate surface area is 79.7 Å². The second-order valence-corrected chi connectivity index (χ2v) is 3.13. The van der Waals surface area contributed by atoms with Crippen molar-refractivity contribution in [2.45, 2.75) is 19.6 Å². The van der Waals surface area contributed by atoms with Crippen molar-refractivity contribution in [1.82, 2.24) is 9.78 Å². The van der Waals surface area contributed by atoms with Gasteiger partial charge in [-0.2, -0.15) is 18.3 Å². The first-order chi connectivity index (χ1) is 6.45. The van der Waals surface area contributed by atoms with Gasteiger partial charge in [0.15, 0.2) is 0 Å². The Morgan fingerprint density at radius 1 is 1.57 bits per heavy atom. The van der Waals surface area contributed by atoms with Gasteiger partial charge in [-0.1, -0.05) is 0 Å². The molecule has 0 aliphatic rings. The zero-order chi connectivity index (χ0) is 10.8. The summed E-state index contributed by atoms with van der Waals surface area (Å²) in [6.45, 7) is 1.08. The molecule has 1 heterocycles. The average Bonchev–Trinajstić information content (AvgIpc) is 2.45. The van der Waals surface area contributed by atoms with Crippen molar-refractivity contribution in [3.8, 4) is 0 Å². The predicted octanol–water partition coefficient (Wildman–Crippen LogP) is 1.33. The third-order valence-corrected chi connectivity index (χ3v) is 2.07. The van der Waals surface area contributed by atoms with Crippen LogP contribution in [0.15, 0.2) is 12.3 Å². The molecule has 1 unspecified atom stereocenters. The molecule has 0 saturated carbocycles. The second kappa shape index (κ2) is 4.00. The fourth-order valence-electron chi connectivity index (χ4n) is 1.11. The van der Waals surface area contributed by atoms with Crippen molar-refractivity contribution in [2.24, 2.45) is 11.7 Å². The third kappa shape index (κ3) is 2.47. The van der Waals surface area contributed by atoms with Crippen LogP contribution in [-0.2, 0) is 6.54 Å². The van der Waals surface area contributed by atoms with E-state index in [1.165, 1.54) is 10.9 Å². The van der Waals surface area contributed by atoms with Gasteiger partial charge in [-0.05, 0) is 13.0 Å². The van der Waals surface area contributed by atoms with Gasteiger partial charge in [0, 0.05) is 18.4 Å². The SMILES string of the molecule is Cc1ccnn1CC(CN)C(F)(F)F. The van der Waals surface area contributed by atoms with Crippen LogP contribution in [0.1, 0.15) is 5.69 Å². The van der Waals surface area contributed by atoms with E-state index >= 15 is 0 Å². The minimum Gasteiger partial charge on any atom is -0.330 e. The standard InChI is InChI=1S/C8H12F3N3/c1-6-2-3-13-14(6)5-7(4-12)8(9,10)11/h2-3,7H,4-5,12H2,1H3. The number of nitrogens with two attached hydrogens (primary N) is 1. The molecule has 0 aliphatic heterocycles. The molecule has 0 spiro atoms. The molecule has 80 valence electrons. The van der Waals surface area contributed by atoms with E-state index < -0.39 is 18.6 Å². The van der Waals surface area contributed by atoms with Crippen LogP contribution in [0.5, 0.6) is 0 Å². The van der Waals surface area contributed by atoms with Crippen molar-refractivity contribution in [3.05, 3.63) is 18.0 Å². The van der Waals surface area contributed by atoms with Crippen molar-refractivity contribution < 1.29 is 13.2 Å². The highest BCUT2D eigenvalue weighted by atomic mass is 19.4. The number of rotatable bonds is 3. The summed E-state index contributed by atoms with van der Waals surface area (Å²) in [6, 6.07) is 1.66. The first-order valence-electron chi connectivity index (χ1n) is 4.20. The normalized spacial score (nSPS) is 14.4. The van der Waals surface area contributed by atoms with Gasteiger partial charge in [0.2, 0.25) is 0 Å². The van der Waals surface area contributed by atoms with Gasteiger partial charge >= 0.3 is 6.18 Å². The van der Waals surface area contributed by atoms with Crippen LogP contribution < -0.4 is 5.73 Å². The minimum atomic E-state index is -4.26. The van der Waals surface area contributed by atoms with E-state index in [0.29, 0.717) is 5.69 Å². The van der Waals surface area contributed by atoms with E-state index in [1.807, 2.05) is 0 Å². The van der Waals surface area contributed by atoms with E-state index in [-0.39, 0.29) is 6.54 Å². The van der Waals surface area contributed by atoms with Crippen LogP contribution in [0.25, 0.3) is 0 Å². The van der Waals surface area contributed by atoms with Gasteiger partial charge in [0.05, 0.1) is 12.5 Å². The monoisotopic (exact) mass is 207 g/mol. The molecular weight excluding hydrogens is 195 g/mol. The number of aromatic nitrogens is 2. The van der Waals surface area contributed by atoms with Crippen LogP contribution in [0.4, 0.5) is 13.2 Å². The summed E-state index contributed by atoms with van der Waals surface area (Å²) in [5.74, 6) is -1.53. The smallest absolute Gasteiger partial charge is 0.330 e. The maximum absolute atomic E-state index is 12.3. The van der Waals surface area contributed by atoms with E-state index in [9.17, 15) is 13.2 Å². The fraction of sp³-hybridized carbons (Fsp3) is 0.625. The molecule has 0 fully saturated rings. The molecule has 1 aromatic heterocycles. The summed E-state index contributed by atoms with van der Waals surface area (Å²) in [5.41, 5.74) is 5.77. The lowest BCUT2D eigenvalue weighted by Crippen LogP contribution is -2.34. The van der Waals surface area contributed by atoms with Gasteiger partial charge in [0.25, 0.3) is 0 Å². The van der Waals surface area contributed by atoms with Crippen molar-refractivity contribution >= 4 is 0 Å². The molecule has 2 N–H and O–H groups in total. The van der Waals surface area contributed by atoms with Gasteiger partial charge in [-0.25, -0.2) is 0 Å². The average molecular weight is 207 g/mol. The number of hydrogen-bond acceptors (Lipinski definition) is 2. The van der Waals surface area contributed by atoms with Crippen LogP contribution in [-0.4, -0.2) is 22.5 Å². The molecular formula is C8H12F3N3. The van der Waals surface area contributed by atoms with Crippen molar-refractivity contribution in [3.63, 3.8) is 0 Å². The highest BCUT2D eigenvalue weighted by Crippen LogP contribution is 2.26. The highest BCUT2D eigenvalue weighted by molar-refractivity contribution is 4.96. The molecule has 0 radical (unpaired) electrons. The second-order valence-electron chi connectivity index (χ2n) is 3.13. The van der Waals surface area contributed by atoms with E-state index in [4.69, 9.17) is 5.73 Å². The fourth-order valence-corrected chi connectivity index (χ4v) is 1.11. The first-order valence-corrected chi connectivity index (χ1v) is 4.20. The Morgan fingerprint density at radius 3 is 2.57 bits per heavy atom. The molecule has 3 nitrogen and oxygen atoms in total. The molecule has 14 heavy (non-hydrogen) atoms. The molecule has 0 amide bonds. The Hall–Kier alpha value is -1.04. The molecule has 1 atom stereocenters. The van der Waals surface area contributed by atoms with E-state index in [2.05, 4.69) is 5.10 Å². The maximum Gasteiger partial charge on any atom is 0.394 e. The third-order valence-electron chi connectivity index (χ3n) is 2.07. The predicted molar refractivity (Wildman–Crippen MR) is 45.6 cm³/mol. The highest BCUT2D eigenvalue weighted by Gasteiger charge is 2.38. The molecule has 6 heteroatoms. The lowest BCUT2D eigenvalue weighted by atomic mass is 10.1. The maximum atomic E-state index is 12.3. The minimum absolute atomic E-state index is 0.209. The largest absolute Gasteiger partial charge is 0.394 e. The van der Waals surface area contributed by atoms with E-state index in [0.717, 1.165) is 0 Å². The first kappa shape index (κ1) is 11.0. The van der Waals surface area contributed by atoms with Crippen LogP contribution in [0.3, 0.4) is 0 Å². The zero-order valence-electron chi connectivity index (χ0n) is 7.75. The molecule has 1 rings (SSSR count). The summed E-state index contributed by atoms with van der Waals surface area (Å²) >= 11 is 0. The number of nitrogens with zero attached hydrogens (tertiary/aromatic N) is 2. The molecule has 1 aromatic rings. The zero-order valence-corrected chi connectivity index (χ0v) is 7.75. The Kier molecular flexibility index (Phi) is 3.15. The summed E-state index contributed by atoms with van der Waals surface area (Å²) in [7, 11) is 0. The Balaban J connectivity index is 2.71. The van der Waals surface area contributed by atoms with Gasteiger partial charge in [-0.3, -0.25) is 4.68 Å². The Bertz CT molecular complexity index is 292. The number of alkyl halides is 3. The molecule has 0 saturated heterocycles. The summed E-state index contributed by atoms with van der Waals surface area (Å²) in [5, 5.41) is 3.78. The summed E-state index contributed by atoms with van der Waals surface area (Å²) < 4.78 is 38.3. The lowest BCUT2D eigenvalue weighted by Gasteiger charge is -2.18. The lowest BCUT2D eigenvalue weighted by molar-refractivity contribution is -0.175. The van der Waals surface area contributed by atoms with Crippen LogP contribution >= 0.6 is 0 Å². The summed E-state index contributed by atoms with van der Waals surface area (Å²) in [6.07, 6.45) is -2.79. The Morgan fingerprint density at radius 2 is 2.21 bits per heavy atom.